The summed E-state index contributed by atoms with van der Waals surface area (Å²) < 4.78 is 41.9. The van der Waals surface area contributed by atoms with Crippen molar-refractivity contribution in [2.24, 2.45) is 7.05 Å². The number of sulfonamides is 1. The smallest absolute Gasteiger partial charge is 0.246 e. The second-order valence-corrected chi connectivity index (χ2v) is 8.73. The molecule has 1 aromatic carbocycles. The Morgan fingerprint density at radius 2 is 1.75 bits per heavy atom. The van der Waals surface area contributed by atoms with Crippen LogP contribution in [0.15, 0.2) is 29.2 Å². The van der Waals surface area contributed by atoms with Crippen molar-refractivity contribution in [3.05, 3.63) is 41.5 Å². The highest BCUT2D eigenvalue weighted by Gasteiger charge is 2.33. The molecule has 2 aromatic rings. The molecule has 28 heavy (non-hydrogen) atoms. The number of benzene rings is 1. The summed E-state index contributed by atoms with van der Waals surface area (Å²) in [5.74, 6) is -0.587. The SMILES string of the molecule is Cc1nn(C)c(C)c1S(=O)(=O)N1CCN(CC(=O)Nc2ccc(F)cc2)CC1. The largest absolute Gasteiger partial charge is 0.325 e. The van der Waals surface area contributed by atoms with Crippen LogP contribution in [0.2, 0.25) is 0 Å². The fourth-order valence-electron chi connectivity index (χ4n) is 3.32. The number of nitrogens with zero attached hydrogens (tertiary/aromatic N) is 4. The molecule has 152 valence electrons. The number of hydrogen-bond acceptors (Lipinski definition) is 5. The Hall–Kier alpha value is -2.30. The number of rotatable bonds is 5. The van der Waals surface area contributed by atoms with Crippen molar-refractivity contribution in [2.45, 2.75) is 18.7 Å². The number of aromatic nitrogens is 2. The van der Waals surface area contributed by atoms with Crippen molar-refractivity contribution in [1.82, 2.24) is 19.0 Å². The van der Waals surface area contributed by atoms with Crippen LogP contribution in [0, 0.1) is 19.7 Å². The third-order valence-corrected chi connectivity index (χ3v) is 7.02. The van der Waals surface area contributed by atoms with Gasteiger partial charge in [0.2, 0.25) is 15.9 Å². The highest BCUT2D eigenvalue weighted by Crippen LogP contribution is 2.24. The van der Waals surface area contributed by atoms with Gasteiger partial charge in [0.05, 0.1) is 17.9 Å². The maximum atomic E-state index is 13.0. The lowest BCUT2D eigenvalue weighted by molar-refractivity contribution is -0.117. The number of carbonyl (C=O) groups excluding carboxylic acids is 1. The Balaban J connectivity index is 1.58. The summed E-state index contributed by atoms with van der Waals surface area (Å²) in [7, 11) is -1.90. The topological polar surface area (TPSA) is 87.5 Å². The molecule has 1 N–H and O–H groups in total. The van der Waals surface area contributed by atoms with Crippen LogP contribution in [0.4, 0.5) is 10.1 Å². The van der Waals surface area contributed by atoms with Gasteiger partial charge in [0.15, 0.2) is 0 Å². The van der Waals surface area contributed by atoms with E-state index in [-0.39, 0.29) is 23.2 Å². The number of halogens is 1. The number of nitrogens with one attached hydrogen (secondary N) is 1. The number of piperazine rings is 1. The van der Waals surface area contributed by atoms with E-state index in [1.165, 1.54) is 28.6 Å². The Morgan fingerprint density at radius 1 is 1.14 bits per heavy atom. The van der Waals surface area contributed by atoms with E-state index in [0.29, 0.717) is 43.3 Å². The minimum absolute atomic E-state index is 0.149. The Morgan fingerprint density at radius 3 is 2.29 bits per heavy atom. The highest BCUT2D eigenvalue weighted by atomic mass is 32.2. The predicted octanol–water partition coefficient (Wildman–Crippen LogP) is 1.12. The Labute approximate surface area is 164 Å². The van der Waals surface area contributed by atoms with Gasteiger partial charge in [-0.05, 0) is 38.1 Å². The Kier molecular flexibility index (Phi) is 5.82. The molecule has 1 fully saturated rings. The minimum Gasteiger partial charge on any atom is -0.325 e. The van der Waals surface area contributed by atoms with Crippen LogP contribution in [0.5, 0.6) is 0 Å². The van der Waals surface area contributed by atoms with E-state index in [2.05, 4.69) is 10.4 Å². The van der Waals surface area contributed by atoms with Crippen LogP contribution in [0.25, 0.3) is 0 Å². The Bertz CT molecular complexity index is 964. The standard InChI is InChI=1S/C18H24FN5O3S/c1-13-18(14(2)22(3)21-13)28(26,27)24-10-8-23(9-11-24)12-17(25)20-16-6-4-15(19)5-7-16/h4-7H,8-12H2,1-3H3,(H,20,25). The quantitative estimate of drug-likeness (QED) is 0.800. The van der Waals surface area contributed by atoms with Crippen molar-refractivity contribution in [3.63, 3.8) is 0 Å². The molecule has 0 atom stereocenters. The van der Waals surface area contributed by atoms with Crippen molar-refractivity contribution < 1.29 is 17.6 Å². The van der Waals surface area contributed by atoms with Gasteiger partial charge in [0.1, 0.15) is 10.7 Å². The van der Waals surface area contributed by atoms with Crippen LogP contribution in [-0.4, -0.2) is 66.0 Å². The molecule has 0 aliphatic carbocycles. The zero-order valence-electron chi connectivity index (χ0n) is 16.1. The average Bonchev–Trinajstić information content (AvgIpc) is 2.90. The molecule has 1 aliphatic heterocycles. The molecule has 8 nitrogen and oxygen atoms in total. The monoisotopic (exact) mass is 409 g/mol. The first-order chi connectivity index (χ1) is 13.2. The van der Waals surface area contributed by atoms with E-state index in [1.807, 2.05) is 4.90 Å². The third kappa shape index (κ3) is 4.23. The summed E-state index contributed by atoms with van der Waals surface area (Å²) in [5.41, 5.74) is 1.62. The normalized spacial score (nSPS) is 16.3. The molecule has 3 rings (SSSR count). The zero-order valence-corrected chi connectivity index (χ0v) is 17.0. The van der Waals surface area contributed by atoms with Gasteiger partial charge in [-0.3, -0.25) is 14.4 Å². The van der Waals surface area contributed by atoms with Crippen LogP contribution in [-0.2, 0) is 21.9 Å². The van der Waals surface area contributed by atoms with E-state index in [1.54, 1.807) is 25.6 Å². The van der Waals surface area contributed by atoms with Crippen molar-refractivity contribution in [3.8, 4) is 0 Å². The van der Waals surface area contributed by atoms with Gasteiger partial charge in [-0.15, -0.1) is 0 Å². The number of carbonyl (C=O) groups is 1. The van der Waals surface area contributed by atoms with Crippen molar-refractivity contribution >= 4 is 21.6 Å². The average molecular weight is 409 g/mol. The number of hydrogen-bond donors (Lipinski definition) is 1. The van der Waals surface area contributed by atoms with E-state index in [0.717, 1.165) is 0 Å². The van der Waals surface area contributed by atoms with E-state index in [4.69, 9.17) is 0 Å². The lowest BCUT2D eigenvalue weighted by Gasteiger charge is -2.33. The van der Waals surface area contributed by atoms with Crippen molar-refractivity contribution in [2.75, 3.05) is 38.0 Å². The van der Waals surface area contributed by atoms with E-state index >= 15 is 0 Å². The second-order valence-electron chi connectivity index (χ2n) is 6.86. The van der Waals surface area contributed by atoms with Gasteiger partial charge in [0.25, 0.3) is 0 Å². The first kappa shape index (κ1) is 20.4. The second kappa shape index (κ2) is 7.98. The summed E-state index contributed by atoms with van der Waals surface area (Å²) in [6.07, 6.45) is 0. The van der Waals surface area contributed by atoms with Gasteiger partial charge >= 0.3 is 0 Å². The van der Waals surface area contributed by atoms with Gasteiger partial charge in [-0.25, -0.2) is 12.8 Å². The molecular weight excluding hydrogens is 385 g/mol. The summed E-state index contributed by atoms with van der Waals surface area (Å²) in [6.45, 7) is 5.10. The summed E-state index contributed by atoms with van der Waals surface area (Å²) in [6, 6.07) is 5.55. The molecule has 1 aromatic heterocycles. The fourth-order valence-corrected chi connectivity index (χ4v) is 5.14. The molecule has 1 saturated heterocycles. The molecule has 1 aliphatic rings. The molecule has 1 amide bonds. The van der Waals surface area contributed by atoms with Gasteiger partial charge in [-0.1, -0.05) is 0 Å². The maximum Gasteiger partial charge on any atom is 0.246 e. The molecule has 0 saturated carbocycles. The highest BCUT2D eigenvalue weighted by molar-refractivity contribution is 7.89. The molecule has 0 radical (unpaired) electrons. The van der Waals surface area contributed by atoms with Crippen LogP contribution in [0.1, 0.15) is 11.4 Å². The van der Waals surface area contributed by atoms with Crippen LogP contribution < -0.4 is 5.32 Å². The first-order valence-corrected chi connectivity index (χ1v) is 10.4. The molecule has 0 spiro atoms. The molecule has 0 unspecified atom stereocenters. The fraction of sp³-hybridized carbons (Fsp3) is 0.444. The number of amides is 1. The van der Waals surface area contributed by atoms with Gasteiger partial charge in [0, 0.05) is 38.9 Å². The summed E-state index contributed by atoms with van der Waals surface area (Å²) >= 11 is 0. The lowest BCUT2D eigenvalue weighted by Crippen LogP contribution is -2.50. The van der Waals surface area contributed by atoms with Crippen LogP contribution in [0.3, 0.4) is 0 Å². The molecule has 10 heteroatoms. The number of aryl methyl sites for hydroxylation is 2. The molecule has 2 heterocycles. The van der Waals surface area contributed by atoms with E-state index < -0.39 is 10.0 Å². The molecule has 0 bridgehead atoms. The van der Waals surface area contributed by atoms with Crippen molar-refractivity contribution in [1.29, 1.82) is 0 Å². The first-order valence-electron chi connectivity index (χ1n) is 8.96. The predicted molar refractivity (Wildman–Crippen MR) is 103 cm³/mol. The van der Waals surface area contributed by atoms with Crippen LogP contribution >= 0.6 is 0 Å². The van der Waals surface area contributed by atoms with E-state index in [9.17, 15) is 17.6 Å². The van der Waals surface area contributed by atoms with Gasteiger partial charge < -0.3 is 5.32 Å². The van der Waals surface area contributed by atoms with Gasteiger partial charge in [-0.2, -0.15) is 9.40 Å². The minimum atomic E-state index is -3.62. The summed E-state index contributed by atoms with van der Waals surface area (Å²) in [4.78, 5) is 14.3. The molecular formula is C18H24FN5O3S. The number of anilines is 1. The zero-order chi connectivity index (χ0) is 20.5. The maximum absolute atomic E-state index is 13.0. The lowest BCUT2D eigenvalue weighted by atomic mass is 10.3. The summed E-state index contributed by atoms with van der Waals surface area (Å²) in [5, 5.41) is 6.91. The third-order valence-electron chi connectivity index (χ3n) is 4.87.